The highest BCUT2D eigenvalue weighted by Crippen LogP contribution is 2.53. The molecule has 10 heterocycles. The lowest BCUT2D eigenvalue weighted by Crippen LogP contribution is -2.71. The van der Waals surface area contributed by atoms with Gasteiger partial charge in [-0.05, 0) is 133 Å². The number of aliphatic hydroxyl groups is 2. The van der Waals surface area contributed by atoms with Crippen LogP contribution in [0.15, 0.2) is 53.2 Å². The third-order valence-corrected chi connectivity index (χ3v) is 21.7. The van der Waals surface area contributed by atoms with Gasteiger partial charge in [0.2, 0.25) is 35.1 Å². The fourth-order valence-electron chi connectivity index (χ4n) is 16.8. The van der Waals surface area contributed by atoms with E-state index in [0.717, 1.165) is 65.6 Å². The van der Waals surface area contributed by atoms with E-state index in [1.807, 2.05) is 60.0 Å². The van der Waals surface area contributed by atoms with Gasteiger partial charge in [-0.25, -0.2) is 0 Å². The van der Waals surface area contributed by atoms with E-state index in [4.69, 9.17) is 9.47 Å². The van der Waals surface area contributed by atoms with Gasteiger partial charge in [-0.15, -0.1) is 0 Å². The minimum absolute atomic E-state index is 0.0430. The Hall–Kier alpha value is -5.94. The number of aromatic nitrogens is 2. The predicted molar refractivity (Wildman–Crippen MR) is 319 cm³/mol. The van der Waals surface area contributed by atoms with E-state index in [-0.39, 0.29) is 35.7 Å². The van der Waals surface area contributed by atoms with Gasteiger partial charge in [-0.3, -0.25) is 62.4 Å². The van der Waals surface area contributed by atoms with Gasteiger partial charge in [0.25, 0.3) is 23.6 Å². The van der Waals surface area contributed by atoms with Crippen LogP contribution in [0.3, 0.4) is 0 Å². The zero-order chi connectivity index (χ0) is 60.0. The topological polar surface area (TPSA) is 226 Å². The van der Waals surface area contributed by atoms with Crippen LogP contribution >= 0.6 is 15.9 Å². The molecule has 10 aliphatic rings. The maximum absolute atomic E-state index is 15.0. The van der Waals surface area contributed by atoms with Crippen LogP contribution in [0.2, 0.25) is 0 Å². The maximum Gasteiger partial charge on any atom is 0.281 e. The fraction of sp³-hybridized carbons (Fsp3) is 0.594. The number of carbonyl (C=O) groups is 6. The number of nitrogens with zero attached hydrogens (tertiary/aromatic N) is 7. The highest BCUT2D eigenvalue weighted by molar-refractivity contribution is 9.10. The van der Waals surface area contributed by atoms with Crippen LogP contribution in [0.4, 0.5) is 0 Å². The first kappa shape index (κ1) is 56.8. The summed E-state index contributed by atoms with van der Waals surface area (Å²) in [6, 6.07) is 9.00. The number of halogens is 1. The Labute approximate surface area is 503 Å². The van der Waals surface area contributed by atoms with Crippen molar-refractivity contribution in [3.05, 3.63) is 75.4 Å². The number of likely N-dealkylation sites (N-methyl/N-ethyl adjacent to an activating group) is 2. The number of amides is 6. The molecule has 452 valence electrons. The van der Waals surface area contributed by atoms with E-state index in [9.17, 15) is 39.0 Å². The Balaban J connectivity index is 0.776. The fourth-order valence-corrected chi connectivity index (χ4v) is 17.6. The summed E-state index contributed by atoms with van der Waals surface area (Å²) in [5.74, 6) is -8.15. The molecule has 2 aromatic carbocycles. The van der Waals surface area contributed by atoms with Crippen molar-refractivity contribution >= 4 is 84.3 Å². The lowest BCUT2D eigenvalue weighted by molar-refractivity contribution is -0.322. The van der Waals surface area contributed by atoms with Crippen molar-refractivity contribution in [1.29, 1.82) is 0 Å². The zero-order valence-corrected chi connectivity index (χ0v) is 51.8. The summed E-state index contributed by atoms with van der Waals surface area (Å²) < 4.78 is 16.4. The molecule has 14 rings (SSSR count). The van der Waals surface area contributed by atoms with Crippen LogP contribution in [-0.2, 0) is 51.1 Å². The highest BCUT2D eigenvalue weighted by Gasteiger charge is 2.74. The molecular weight excluding hydrogens is 1150 g/mol. The van der Waals surface area contributed by atoms with Crippen LogP contribution < -0.4 is 10.6 Å². The van der Waals surface area contributed by atoms with Crippen molar-refractivity contribution in [2.75, 3.05) is 40.3 Å². The minimum atomic E-state index is -2.10. The normalized spacial score (nSPS) is 34.2. The Kier molecular flexibility index (Phi) is 13.1. The van der Waals surface area contributed by atoms with Crippen LogP contribution in [-0.4, -0.2) is 184 Å². The van der Waals surface area contributed by atoms with Crippen molar-refractivity contribution in [1.82, 2.24) is 49.6 Å². The molecule has 0 unspecified atom stereocenters. The number of benzene rings is 2. The maximum atomic E-state index is 15.0. The number of fused-ring (bicyclic) bond motifs is 10. The Morgan fingerprint density at radius 1 is 0.671 bits per heavy atom. The van der Waals surface area contributed by atoms with E-state index in [0.29, 0.717) is 77.5 Å². The molecule has 0 spiro atoms. The Bertz CT molecular complexity index is 3640. The molecular formula is C64H79BrN10O10. The molecule has 0 radical (unpaired) electrons. The van der Waals surface area contributed by atoms with Gasteiger partial charge in [0.1, 0.15) is 30.0 Å². The Morgan fingerprint density at radius 3 is 1.60 bits per heavy atom. The SMILES string of the molecule is CC(C)C[C@H]1C(=O)N2CCC[C@H]2[C@]2(O)O[C@](NC(=O)[C@@H]3C=C4c5cccc6[nH]c(-n7c(Br)c8c9c(cccc97)C7=C[C@@H](C(=O)N[C@]9(C(C)C)O[C@@]%10(O)[C@@H]%11CCCN%11C(=O)[C@H](CC(C)C)N%10C9=O)CN(C)[C@@H]7C8)c(c56)C[C@H]4N(C)C3)(C(C)C)C(=O)N12. The van der Waals surface area contributed by atoms with Gasteiger partial charge in [-0.2, -0.15) is 0 Å². The predicted octanol–water partition coefficient (Wildman–Crippen LogP) is 5.40. The number of piperazine rings is 2. The molecule has 8 aliphatic heterocycles. The average molecular weight is 1230 g/mol. The molecule has 21 heteroatoms. The number of H-pyrrole nitrogens is 1. The summed E-state index contributed by atoms with van der Waals surface area (Å²) in [5.41, 5.74) is 4.39. The van der Waals surface area contributed by atoms with Gasteiger partial charge in [-0.1, -0.05) is 91.8 Å². The number of ether oxygens (including phenoxy) is 2. The second kappa shape index (κ2) is 19.5. The van der Waals surface area contributed by atoms with Crippen LogP contribution in [0.25, 0.3) is 38.8 Å². The first-order valence-electron chi connectivity index (χ1n) is 30.9. The van der Waals surface area contributed by atoms with E-state index < -0.39 is 94.7 Å². The summed E-state index contributed by atoms with van der Waals surface area (Å²) in [5, 5.41) is 33.3. The number of rotatable bonds is 11. The standard InChI is InChI=1S/C64H79BrN10O10/c1-31(2)23-47-57(78)71-21-13-19-49(71)63(82)74(47)59(80)61(84-63,33(5)6)67-55(76)35-25-39-37-15-11-17-43-51(37)42(28-46(39)70(10)30-35)54(66-43)73-44-18-12-16-38-40-26-36(29-69(9)45(40)27-41(52(38)44)53(73)65)56(77)68-62(34(7)8)60(81)75-48(24-32(3)4)58(79)72-22-14-20-50(72)64(75,83)85-62/h11-12,15-18,25-26,31-36,45-50,66,82-83H,13-14,19-24,27-30H2,1-10H3,(H,67,76)(H,68,77)/t35-,36-,45-,46-,47+,48+,49+,50+,61-,62-,63+,64+/m1/s1. The molecule has 85 heavy (non-hydrogen) atoms. The minimum Gasteiger partial charge on any atom is -0.347 e. The third kappa shape index (κ3) is 7.84. The summed E-state index contributed by atoms with van der Waals surface area (Å²) in [7, 11) is 4.06. The molecule has 6 fully saturated rings. The monoisotopic (exact) mass is 1230 g/mol. The zero-order valence-electron chi connectivity index (χ0n) is 50.2. The summed E-state index contributed by atoms with van der Waals surface area (Å²) >= 11 is 4.15. The Morgan fingerprint density at radius 2 is 1.13 bits per heavy atom. The number of aromatic amines is 1. The first-order valence-corrected chi connectivity index (χ1v) is 31.7. The van der Waals surface area contributed by atoms with Gasteiger partial charge in [0, 0.05) is 72.0 Å². The molecule has 4 aromatic rings. The van der Waals surface area contributed by atoms with E-state index in [1.165, 1.54) is 9.80 Å². The van der Waals surface area contributed by atoms with E-state index >= 15 is 0 Å². The smallest absolute Gasteiger partial charge is 0.281 e. The second-order valence-corrected chi connectivity index (χ2v) is 28.3. The number of nitrogens with one attached hydrogen (secondary N) is 3. The molecule has 2 aliphatic carbocycles. The second-order valence-electron chi connectivity index (χ2n) is 27.6. The summed E-state index contributed by atoms with van der Waals surface area (Å²) in [4.78, 5) is 102. The van der Waals surface area contributed by atoms with Gasteiger partial charge < -0.3 is 35.6 Å². The molecule has 5 N–H and O–H groups in total. The molecule has 2 aromatic heterocycles. The lowest BCUT2D eigenvalue weighted by Gasteiger charge is -2.49. The molecule has 0 bridgehead atoms. The summed E-state index contributed by atoms with van der Waals surface area (Å²) in [6.07, 6.45) is 8.34. The van der Waals surface area contributed by atoms with Crippen molar-refractivity contribution < 1.29 is 48.5 Å². The lowest BCUT2D eigenvalue weighted by atomic mass is 9.79. The molecule has 6 amide bonds. The van der Waals surface area contributed by atoms with Crippen molar-refractivity contribution in [2.24, 2.45) is 35.5 Å². The van der Waals surface area contributed by atoms with Crippen molar-refractivity contribution in [3.8, 4) is 5.82 Å². The largest absolute Gasteiger partial charge is 0.347 e. The van der Waals surface area contributed by atoms with Crippen LogP contribution in [0.5, 0.6) is 0 Å². The average Bonchev–Trinajstić information content (AvgIpc) is 1.60. The van der Waals surface area contributed by atoms with Crippen molar-refractivity contribution in [2.45, 2.75) is 166 Å². The quantitative estimate of drug-likeness (QED) is 0.127. The van der Waals surface area contributed by atoms with Crippen molar-refractivity contribution in [3.63, 3.8) is 0 Å². The first-order chi connectivity index (χ1) is 40.3. The van der Waals surface area contributed by atoms with E-state index in [2.05, 4.69) is 76.2 Å². The number of hydrogen-bond acceptors (Lipinski definition) is 12. The van der Waals surface area contributed by atoms with Gasteiger partial charge in [0.15, 0.2) is 0 Å². The van der Waals surface area contributed by atoms with Crippen LogP contribution in [0, 0.1) is 35.5 Å². The molecule has 12 atom stereocenters. The number of hydrogen-bond donors (Lipinski definition) is 5. The van der Waals surface area contributed by atoms with Gasteiger partial charge in [0.05, 0.1) is 22.0 Å². The summed E-state index contributed by atoms with van der Waals surface area (Å²) in [6.45, 7) is 16.8. The number of carbonyl (C=O) groups excluding carboxylic acids is 6. The highest BCUT2D eigenvalue weighted by atomic mass is 79.9. The third-order valence-electron chi connectivity index (χ3n) is 20.9. The molecule has 0 saturated carbocycles. The van der Waals surface area contributed by atoms with Crippen LogP contribution in [0.1, 0.15) is 116 Å². The van der Waals surface area contributed by atoms with Gasteiger partial charge >= 0.3 is 0 Å². The molecule has 20 nitrogen and oxygen atoms in total. The van der Waals surface area contributed by atoms with E-state index in [1.54, 1.807) is 37.5 Å². The molecule has 6 saturated heterocycles.